The summed E-state index contributed by atoms with van der Waals surface area (Å²) in [6.45, 7) is 7.28. The van der Waals surface area contributed by atoms with Crippen LogP contribution in [0.2, 0.25) is 0 Å². The highest BCUT2D eigenvalue weighted by molar-refractivity contribution is 5.65. The van der Waals surface area contributed by atoms with Gasteiger partial charge in [-0.1, -0.05) is 0 Å². The molecule has 0 atom stereocenters. The second-order valence-corrected chi connectivity index (χ2v) is 6.11. The van der Waals surface area contributed by atoms with Crippen molar-refractivity contribution in [1.82, 2.24) is 9.97 Å². The number of aryl methyl sites for hydroxylation is 1. The van der Waals surface area contributed by atoms with Crippen LogP contribution in [-0.4, -0.2) is 37.2 Å². The van der Waals surface area contributed by atoms with Gasteiger partial charge in [0.25, 0.3) is 0 Å². The van der Waals surface area contributed by atoms with E-state index in [-0.39, 0.29) is 11.6 Å². The number of benzene rings is 1. The van der Waals surface area contributed by atoms with Gasteiger partial charge in [0.15, 0.2) is 0 Å². The monoisotopic (exact) mass is 367 g/mol. The van der Waals surface area contributed by atoms with Gasteiger partial charge in [0.1, 0.15) is 5.82 Å². The summed E-state index contributed by atoms with van der Waals surface area (Å²) in [6, 6.07) is 5.96. The number of aromatic nitrogens is 2. The van der Waals surface area contributed by atoms with E-state index in [1.807, 2.05) is 24.8 Å². The van der Waals surface area contributed by atoms with E-state index >= 15 is 0 Å². The molecular formula is C18H24F3N5. The fourth-order valence-electron chi connectivity index (χ4n) is 2.59. The number of rotatable bonds is 6. The van der Waals surface area contributed by atoms with Crippen LogP contribution in [-0.2, 0) is 6.18 Å². The Hall–Kier alpha value is -2.51. The highest BCUT2D eigenvalue weighted by atomic mass is 19.4. The van der Waals surface area contributed by atoms with Crippen LogP contribution in [0, 0.1) is 6.92 Å². The Kier molecular flexibility index (Phi) is 5.94. The zero-order valence-electron chi connectivity index (χ0n) is 15.6. The molecular weight excluding hydrogens is 343 g/mol. The van der Waals surface area contributed by atoms with Gasteiger partial charge >= 0.3 is 6.18 Å². The summed E-state index contributed by atoms with van der Waals surface area (Å²) in [5.41, 5.74) is 0.331. The average molecular weight is 367 g/mol. The topological polar surface area (TPSA) is 44.3 Å². The maximum Gasteiger partial charge on any atom is 0.418 e. The number of nitrogens with one attached hydrogen (secondary N) is 1. The van der Waals surface area contributed by atoms with Gasteiger partial charge in [-0.2, -0.15) is 18.2 Å². The Morgan fingerprint density at radius 2 is 1.69 bits per heavy atom. The van der Waals surface area contributed by atoms with Crippen molar-refractivity contribution in [1.29, 1.82) is 0 Å². The summed E-state index contributed by atoms with van der Waals surface area (Å²) >= 11 is 0. The summed E-state index contributed by atoms with van der Waals surface area (Å²) in [4.78, 5) is 12.3. The molecule has 2 aromatic rings. The van der Waals surface area contributed by atoms with Crippen molar-refractivity contribution in [3.05, 3.63) is 35.5 Å². The zero-order valence-corrected chi connectivity index (χ0v) is 15.6. The molecule has 0 saturated heterocycles. The van der Waals surface area contributed by atoms with Crippen molar-refractivity contribution in [3.8, 4) is 0 Å². The van der Waals surface area contributed by atoms with E-state index in [0.717, 1.165) is 19.2 Å². The van der Waals surface area contributed by atoms with Gasteiger partial charge in [-0.25, -0.2) is 4.98 Å². The minimum absolute atomic E-state index is 0.0702. The highest BCUT2D eigenvalue weighted by Crippen LogP contribution is 2.38. The Morgan fingerprint density at radius 3 is 2.23 bits per heavy atom. The van der Waals surface area contributed by atoms with E-state index in [2.05, 4.69) is 15.3 Å². The first-order chi connectivity index (χ1) is 12.2. The van der Waals surface area contributed by atoms with Crippen LogP contribution in [0.1, 0.15) is 25.1 Å². The van der Waals surface area contributed by atoms with Gasteiger partial charge in [-0.3, -0.25) is 0 Å². The molecule has 1 aromatic carbocycles. The Bertz CT molecular complexity index is 755. The van der Waals surface area contributed by atoms with Gasteiger partial charge in [0.2, 0.25) is 5.95 Å². The van der Waals surface area contributed by atoms with E-state index in [4.69, 9.17) is 0 Å². The molecule has 1 heterocycles. The third-order valence-electron chi connectivity index (χ3n) is 4.00. The summed E-state index contributed by atoms with van der Waals surface area (Å²) in [6.07, 6.45) is -4.49. The Labute approximate surface area is 151 Å². The number of alkyl halides is 3. The zero-order chi connectivity index (χ0) is 19.5. The van der Waals surface area contributed by atoms with Crippen molar-refractivity contribution in [2.45, 2.75) is 26.9 Å². The largest absolute Gasteiger partial charge is 0.418 e. The number of hydrogen-bond donors (Lipinski definition) is 1. The lowest BCUT2D eigenvalue weighted by Crippen LogP contribution is -2.23. The van der Waals surface area contributed by atoms with Crippen LogP contribution in [0.5, 0.6) is 0 Å². The Morgan fingerprint density at radius 1 is 1.04 bits per heavy atom. The van der Waals surface area contributed by atoms with Crippen molar-refractivity contribution >= 4 is 23.1 Å². The van der Waals surface area contributed by atoms with E-state index < -0.39 is 11.7 Å². The molecule has 142 valence electrons. The maximum atomic E-state index is 13.5. The van der Waals surface area contributed by atoms with Crippen molar-refractivity contribution in [2.24, 2.45) is 0 Å². The lowest BCUT2D eigenvalue weighted by Gasteiger charge is -2.22. The first kappa shape index (κ1) is 19.8. The molecule has 0 unspecified atom stereocenters. The van der Waals surface area contributed by atoms with E-state index in [1.54, 1.807) is 32.0 Å². The second-order valence-electron chi connectivity index (χ2n) is 6.11. The highest BCUT2D eigenvalue weighted by Gasteiger charge is 2.34. The molecule has 0 radical (unpaired) electrons. The number of halogens is 3. The normalized spacial score (nSPS) is 11.4. The third kappa shape index (κ3) is 4.56. The molecule has 0 aliphatic rings. The molecule has 0 aliphatic heterocycles. The SMILES string of the molecule is CCN(CC)c1cc(C)nc(Nc2ccc(N(C)C)cc2C(F)(F)F)n1. The van der Waals surface area contributed by atoms with Crippen LogP contribution in [0.25, 0.3) is 0 Å². The quantitative estimate of drug-likeness (QED) is 0.817. The summed E-state index contributed by atoms with van der Waals surface area (Å²) in [7, 11) is 3.39. The lowest BCUT2D eigenvalue weighted by molar-refractivity contribution is -0.136. The third-order valence-corrected chi connectivity index (χ3v) is 4.00. The average Bonchev–Trinajstić information content (AvgIpc) is 2.54. The molecule has 2 rings (SSSR count). The van der Waals surface area contributed by atoms with Gasteiger partial charge < -0.3 is 15.1 Å². The van der Waals surface area contributed by atoms with Gasteiger partial charge in [0.05, 0.1) is 11.3 Å². The lowest BCUT2D eigenvalue weighted by atomic mass is 10.1. The molecule has 0 fully saturated rings. The summed E-state index contributed by atoms with van der Waals surface area (Å²) in [5, 5.41) is 2.74. The minimum atomic E-state index is -4.49. The first-order valence-electron chi connectivity index (χ1n) is 8.42. The smallest absolute Gasteiger partial charge is 0.378 e. The fourth-order valence-corrected chi connectivity index (χ4v) is 2.59. The minimum Gasteiger partial charge on any atom is -0.378 e. The van der Waals surface area contributed by atoms with E-state index in [1.165, 1.54) is 6.07 Å². The van der Waals surface area contributed by atoms with Crippen molar-refractivity contribution in [3.63, 3.8) is 0 Å². The molecule has 8 heteroatoms. The summed E-state index contributed by atoms with van der Waals surface area (Å²) < 4.78 is 40.4. The van der Waals surface area contributed by atoms with Gasteiger partial charge in [-0.05, 0) is 39.0 Å². The van der Waals surface area contributed by atoms with Crippen LogP contribution in [0.15, 0.2) is 24.3 Å². The van der Waals surface area contributed by atoms with Crippen LogP contribution in [0.4, 0.5) is 36.3 Å². The Balaban J connectivity index is 2.45. The molecule has 0 amide bonds. The fraction of sp³-hybridized carbons (Fsp3) is 0.444. The molecule has 26 heavy (non-hydrogen) atoms. The predicted octanol–water partition coefficient (Wildman–Crippen LogP) is 4.46. The van der Waals surface area contributed by atoms with Gasteiger partial charge in [-0.15, -0.1) is 0 Å². The number of nitrogens with zero attached hydrogens (tertiary/aromatic N) is 4. The van der Waals surface area contributed by atoms with Crippen LogP contribution in [0.3, 0.4) is 0 Å². The molecule has 0 aliphatic carbocycles. The van der Waals surface area contributed by atoms with Crippen LogP contribution < -0.4 is 15.1 Å². The molecule has 0 spiro atoms. The summed E-state index contributed by atoms with van der Waals surface area (Å²) in [5.74, 6) is 0.832. The molecule has 0 bridgehead atoms. The van der Waals surface area contributed by atoms with Crippen LogP contribution >= 0.6 is 0 Å². The number of hydrogen-bond acceptors (Lipinski definition) is 5. The predicted molar refractivity (Wildman–Crippen MR) is 99.4 cm³/mol. The number of anilines is 4. The molecule has 1 N–H and O–H groups in total. The molecule has 0 saturated carbocycles. The molecule has 1 aromatic heterocycles. The second kappa shape index (κ2) is 7.80. The van der Waals surface area contributed by atoms with E-state index in [0.29, 0.717) is 17.2 Å². The first-order valence-corrected chi connectivity index (χ1v) is 8.42. The van der Waals surface area contributed by atoms with Crippen molar-refractivity contribution < 1.29 is 13.2 Å². The van der Waals surface area contributed by atoms with Crippen molar-refractivity contribution in [2.75, 3.05) is 42.3 Å². The standard InChI is InChI=1S/C18H24F3N5/c1-6-26(7-2)16-10-12(3)22-17(24-16)23-15-9-8-13(25(4)5)11-14(15)18(19,20)21/h8-11H,6-7H2,1-5H3,(H,22,23,24). The van der Waals surface area contributed by atoms with E-state index in [9.17, 15) is 13.2 Å². The van der Waals surface area contributed by atoms with Gasteiger partial charge in [0, 0.05) is 44.6 Å². The maximum absolute atomic E-state index is 13.5. The molecule has 5 nitrogen and oxygen atoms in total.